The van der Waals surface area contributed by atoms with E-state index in [4.69, 9.17) is 4.74 Å². The van der Waals surface area contributed by atoms with E-state index in [-0.39, 0.29) is 39.9 Å². The van der Waals surface area contributed by atoms with Crippen molar-refractivity contribution in [3.8, 4) is 17.2 Å². The summed E-state index contributed by atoms with van der Waals surface area (Å²) in [7, 11) is 0. The van der Waals surface area contributed by atoms with Crippen LogP contribution in [-0.2, 0) is 0 Å². The maximum atomic E-state index is 12.1. The standard InChI is InChI=1S/C30H34O5/c1-17-10-11-23-24(18-8-6-5-7-9-18)25-27(34)20(15-31)26(33)21(16-32)28(25)35-30(23,4)13-12-22-19(17)14-29(22,2)3/h5-9,15-16,19,22-24,33-34H,1,10-14H2,2-4H3/t19?,22?,23?,24?,30-/m1/s1. The molecule has 0 bridgehead atoms. The molecule has 1 aliphatic heterocycles. The second-order valence-corrected chi connectivity index (χ2v) is 11.6. The minimum Gasteiger partial charge on any atom is -0.507 e. The molecule has 5 nitrogen and oxygen atoms in total. The smallest absolute Gasteiger partial charge is 0.157 e. The Labute approximate surface area is 206 Å². The summed E-state index contributed by atoms with van der Waals surface area (Å²) in [6, 6.07) is 9.89. The van der Waals surface area contributed by atoms with Gasteiger partial charge in [0.1, 0.15) is 22.8 Å². The lowest BCUT2D eigenvalue weighted by Gasteiger charge is -2.53. The summed E-state index contributed by atoms with van der Waals surface area (Å²) >= 11 is 0. The maximum Gasteiger partial charge on any atom is 0.157 e. The normalized spacial score (nSPS) is 31.2. The zero-order chi connectivity index (χ0) is 25.1. The molecule has 35 heavy (non-hydrogen) atoms. The van der Waals surface area contributed by atoms with Gasteiger partial charge < -0.3 is 14.9 Å². The largest absolute Gasteiger partial charge is 0.507 e. The molecular formula is C30H34O5. The molecule has 2 aromatic carbocycles. The van der Waals surface area contributed by atoms with Gasteiger partial charge in [-0.05, 0) is 61.8 Å². The molecule has 0 spiro atoms. The summed E-state index contributed by atoms with van der Waals surface area (Å²) in [4.78, 5) is 24.0. The van der Waals surface area contributed by atoms with Crippen molar-refractivity contribution >= 4 is 12.6 Å². The summed E-state index contributed by atoms with van der Waals surface area (Å²) in [5.74, 6) is 0.0524. The van der Waals surface area contributed by atoms with Crippen LogP contribution in [0, 0.1) is 23.2 Å². The van der Waals surface area contributed by atoms with Crippen LogP contribution in [0.5, 0.6) is 17.2 Å². The van der Waals surface area contributed by atoms with Crippen molar-refractivity contribution in [3.63, 3.8) is 0 Å². The molecule has 0 saturated heterocycles. The van der Waals surface area contributed by atoms with Crippen molar-refractivity contribution < 1.29 is 24.5 Å². The van der Waals surface area contributed by atoms with E-state index in [0.29, 0.717) is 30.0 Å². The fourth-order valence-electron chi connectivity index (χ4n) is 7.25. The molecule has 0 amide bonds. The number of fused-ring (bicyclic) bond motifs is 3. The van der Waals surface area contributed by atoms with Gasteiger partial charge in [0.15, 0.2) is 12.6 Å². The second kappa shape index (κ2) is 8.25. The summed E-state index contributed by atoms with van der Waals surface area (Å²) in [6.07, 6.45) is 5.50. The Bertz CT molecular complexity index is 1200. The van der Waals surface area contributed by atoms with E-state index in [2.05, 4.69) is 27.4 Å². The van der Waals surface area contributed by atoms with Crippen LogP contribution in [0.25, 0.3) is 0 Å². The van der Waals surface area contributed by atoms with Gasteiger partial charge in [0, 0.05) is 17.4 Å². The van der Waals surface area contributed by atoms with Crippen LogP contribution in [0.15, 0.2) is 42.5 Å². The molecule has 2 fully saturated rings. The van der Waals surface area contributed by atoms with E-state index in [1.807, 2.05) is 30.3 Å². The number of benzene rings is 2. The quantitative estimate of drug-likeness (QED) is 0.396. The van der Waals surface area contributed by atoms with Crippen molar-refractivity contribution in [1.82, 2.24) is 0 Å². The van der Waals surface area contributed by atoms with E-state index in [0.717, 1.165) is 37.7 Å². The fourth-order valence-corrected chi connectivity index (χ4v) is 7.25. The summed E-state index contributed by atoms with van der Waals surface area (Å²) in [5, 5.41) is 21.9. The molecule has 5 atom stereocenters. The van der Waals surface area contributed by atoms with Crippen molar-refractivity contribution in [2.45, 2.75) is 64.4 Å². The van der Waals surface area contributed by atoms with Crippen LogP contribution in [0.1, 0.15) is 90.6 Å². The van der Waals surface area contributed by atoms with E-state index >= 15 is 0 Å². The van der Waals surface area contributed by atoms with Gasteiger partial charge in [-0.3, -0.25) is 9.59 Å². The minimum absolute atomic E-state index is 0.0239. The van der Waals surface area contributed by atoms with Gasteiger partial charge >= 0.3 is 0 Å². The SMILES string of the molecule is C=C1CCC2C(c3ccccc3)c3c(O)c(C=O)c(O)c(C=O)c3O[C@]2(C)CCC2C1CC2(C)C. The number of hydrogen-bond acceptors (Lipinski definition) is 5. The number of carbonyl (C=O) groups excluding carboxylic acids is 2. The predicted octanol–water partition coefficient (Wildman–Crippen LogP) is 6.41. The van der Waals surface area contributed by atoms with Crippen molar-refractivity contribution in [2.75, 3.05) is 0 Å². The highest BCUT2D eigenvalue weighted by Crippen LogP contribution is 2.62. The van der Waals surface area contributed by atoms with Gasteiger partial charge in [-0.2, -0.15) is 0 Å². The molecule has 184 valence electrons. The van der Waals surface area contributed by atoms with Crippen LogP contribution in [0.2, 0.25) is 0 Å². The molecule has 3 aliphatic rings. The molecule has 5 heteroatoms. The zero-order valence-corrected chi connectivity index (χ0v) is 20.7. The molecule has 2 aromatic rings. The first kappa shape index (κ1) is 23.7. The van der Waals surface area contributed by atoms with Gasteiger partial charge in [0.2, 0.25) is 0 Å². The molecule has 5 rings (SSSR count). The van der Waals surface area contributed by atoms with E-state index in [1.54, 1.807) is 0 Å². The summed E-state index contributed by atoms with van der Waals surface area (Å²) in [5.41, 5.74) is 1.95. The first-order chi connectivity index (χ1) is 16.6. The Hall–Kier alpha value is -3.08. The molecule has 2 saturated carbocycles. The van der Waals surface area contributed by atoms with Crippen LogP contribution in [0.4, 0.5) is 0 Å². The van der Waals surface area contributed by atoms with Gasteiger partial charge in [0.25, 0.3) is 0 Å². The zero-order valence-electron chi connectivity index (χ0n) is 20.7. The highest BCUT2D eigenvalue weighted by molar-refractivity contribution is 5.95. The number of ether oxygens (including phenoxy) is 1. The van der Waals surface area contributed by atoms with Crippen LogP contribution in [-0.4, -0.2) is 28.4 Å². The predicted molar refractivity (Wildman–Crippen MR) is 134 cm³/mol. The van der Waals surface area contributed by atoms with Crippen LogP contribution < -0.4 is 4.74 Å². The number of rotatable bonds is 3. The Morgan fingerprint density at radius 3 is 2.29 bits per heavy atom. The first-order valence-corrected chi connectivity index (χ1v) is 12.6. The third-order valence-electron chi connectivity index (χ3n) is 9.23. The van der Waals surface area contributed by atoms with Crippen LogP contribution in [0.3, 0.4) is 0 Å². The van der Waals surface area contributed by atoms with Crippen LogP contribution >= 0.6 is 0 Å². The Morgan fingerprint density at radius 1 is 0.971 bits per heavy atom. The fraction of sp³-hybridized carbons (Fsp3) is 0.467. The van der Waals surface area contributed by atoms with Gasteiger partial charge in [-0.15, -0.1) is 0 Å². The van der Waals surface area contributed by atoms with Crippen molar-refractivity contribution in [1.29, 1.82) is 0 Å². The van der Waals surface area contributed by atoms with E-state index in [1.165, 1.54) is 5.57 Å². The van der Waals surface area contributed by atoms with E-state index < -0.39 is 11.4 Å². The Balaban J connectivity index is 1.73. The van der Waals surface area contributed by atoms with E-state index in [9.17, 15) is 19.8 Å². The molecule has 2 N–H and O–H groups in total. The number of aldehydes is 2. The minimum atomic E-state index is -0.631. The summed E-state index contributed by atoms with van der Waals surface area (Å²) < 4.78 is 6.66. The summed E-state index contributed by atoms with van der Waals surface area (Å²) in [6.45, 7) is 11.2. The third-order valence-corrected chi connectivity index (χ3v) is 9.23. The number of aromatic hydroxyl groups is 2. The Kier molecular flexibility index (Phi) is 5.58. The molecule has 1 heterocycles. The number of carbonyl (C=O) groups is 2. The third kappa shape index (κ3) is 3.50. The average molecular weight is 475 g/mol. The molecule has 0 aromatic heterocycles. The monoisotopic (exact) mass is 474 g/mol. The first-order valence-electron chi connectivity index (χ1n) is 12.6. The van der Waals surface area contributed by atoms with Gasteiger partial charge in [-0.1, -0.05) is 56.3 Å². The highest BCUT2D eigenvalue weighted by Gasteiger charge is 2.54. The van der Waals surface area contributed by atoms with Gasteiger partial charge in [-0.25, -0.2) is 0 Å². The number of allylic oxidation sites excluding steroid dienone is 1. The number of phenols is 2. The van der Waals surface area contributed by atoms with Gasteiger partial charge in [0.05, 0.1) is 11.1 Å². The molecule has 4 unspecified atom stereocenters. The molecule has 0 radical (unpaired) electrons. The lowest BCUT2D eigenvalue weighted by molar-refractivity contribution is -0.0395. The maximum absolute atomic E-state index is 12.1. The topological polar surface area (TPSA) is 83.8 Å². The van der Waals surface area contributed by atoms with Crippen molar-refractivity contribution in [2.24, 2.45) is 23.2 Å². The lowest BCUT2D eigenvalue weighted by atomic mass is 9.52. The second-order valence-electron chi connectivity index (χ2n) is 11.6. The molecule has 2 aliphatic carbocycles. The lowest BCUT2D eigenvalue weighted by Crippen LogP contribution is -2.49. The number of phenolic OH excluding ortho intramolecular Hbond substituents is 2. The molecular weight excluding hydrogens is 440 g/mol. The number of hydrogen-bond donors (Lipinski definition) is 2. The Morgan fingerprint density at radius 2 is 1.66 bits per heavy atom. The average Bonchev–Trinajstić information content (AvgIpc) is 2.86. The highest BCUT2D eigenvalue weighted by atomic mass is 16.5. The van der Waals surface area contributed by atoms with Crippen molar-refractivity contribution in [3.05, 3.63) is 64.7 Å².